The maximum absolute atomic E-state index is 11.7. The zero-order chi connectivity index (χ0) is 13.1. The second-order valence-corrected chi connectivity index (χ2v) is 4.60. The summed E-state index contributed by atoms with van der Waals surface area (Å²) in [6, 6.07) is 5.43. The van der Waals surface area contributed by atoms with E-state index in [2.05, 4.69) is 0 Å². The lowest BCUT2D eigenvalue weighted by molar-refractivity contribution is 0.0532. The third-order valence-electron chi connectivity index (χ3n) is 2.52. The molecule has 96 valence electrons. The fourth-order valence-corrected chi connectivity index (χ4v) is 2.78. The summed E-state index contributed by atoms with van der Waals surface area (Å²) in [4.78, 5) is 12.3. The van der Waals surface area contributed by atoms with Crippen molar-refractivity contribution in [3.63, 3.8) is 0 Å². The summed E-state index contributed by atoms with van der Waals surface area (Å²) in [5.41, 5.74) is 0. The van der Waals surface area contributed by atoms with Gasteiger partial charge in [0.2, 0.25) is 0 Å². The van der Waals surface area contributed by atoms with E-state index in [-0.39, 0.29) is 5.97 Å². The highest BCUT2D eigenvalue weighted by Crippen LogP contribution is 2.39. The lowest BCUT2D eigenvalue weighted by Gasteiger charge is -2.04. The van der Waals surface area contributed by atoms with Gasteiger partial charge in [0, 0.05) is 5.39 Å². The molecule has 2 aromatic rings. The van der Waals surface area contributed by atoms with E-state index in [1.54, 1.807) is 27.2 Å². The van der Waals surface area contributed by atoms with Crippen LogP contribution >= 0.6 is 11.3 Å². The number of thiophene rings is 1. The van der Waals surface area contributed by atoms with Crippen LogP contribution in [0.5, 0.6) is 11.5 Å². The summed E-state index contributed by atoms with van der Waals surface area (Å²) >= 11 is 1.35. The van der Waals surface area contributed by atoms with Gasteiger partial charge in [-0.05, 0) is 25.1 Å². The number of benzene rings is 1. The van der Waals surface area contributed by atoms with Crippen LogP contribution in [-0.4, -0.2) is 26.8 Å². The lowest BCUT2D eigenvalue weighted by Crippen LogP contribution is -2.01. The van der Waals surface area contributed by atoms with Crippen molar-refractivity contribution in [3.05, 3.63) is 23.1 Å². The Morgan fingerprint density at radius 1 is 1.22 bits per heavy atom. The van der Waals surface area contributed by atoms with Gasteiger partial charge in [0.15, 0.2) is 0 Å². The maximum Gasteiger partial charge on any atom is 0.348 e. The van der Waals surface area contributed by atoms with Crippen LogP contribution in [-0.2, 0) is 4.74 Å². The number of ether oxygens (including phenoxy) is 3. The predicted molar refractivity (Wildman–Crippen MR) is 70.9 cm³/mol. The second kappa shape index (κ2) is 5.27. The van der Waals surface area contributed by atoms with E-state index in [9.17, 15) is 4.79 Å². The minimum atomic E-state index is -0.317. The second-order valence-electron chi connectivity index (χ2n) is 3.54. The third kappa shape index (κ3) is 2.13. The molecule has 0 aliphatic heterocycles. The van der Waals surface area contributed by atoms with Crippen molar-refractivity contribution in [2.24, 2.45) is 0 Å². The van der Waals surface area contributed by atoms with Crippen molar-refractivity contribution in [2.45, 2.75) is 6.92 Å². The zero-order valence-electron chi connectivity index (χ0n) is 10.5. The molecule has 18 heavy (non-hydrogen) atoms. The molecule has 1 aromatic heterocycles. The Morgan fingerprint density at radius 2 is 1.89 bits per heavy atom. The molecule has 0 amide bonds. The van der Waals surface area contributed by atoms with E-state index in [0.29, 0.717) is 11.5 Å². The van der Waals surface area contributed by atoms with Gasteiger partial charge in [-0.1, -0.05) is 0 Å². The largest absolute Gasteiger partial charge is 0.496 e. The van der Waals surface area contributed by atoms with Crippen LogP contribution in [0.3, 0.4) is 0 Å². The first-order valence-corrected chi connectivity index (χ1v) is 6.34. The predicted octanol–water partition coefficient (Wildman–Crippen LogP) is 3.10. The number of fused-ring (bicyclic) bond motifs is 1. The van der Waals surface area contributed by atoms with Crippen molar-refractivity contribution in [1.29, 1.82) is 0 Å². The molecule has 0 bridgehead atoms. The van der Waals surface area contributed by atoms with Crippen LogP contribution in [0, 0.1) is 0 Å². The summed E-state index contributed by atoms with van der Waals surface area (Å²) in [6.45, 7) is 2.15. The van der Waals surface area contributed by atoms with Crippen molar-refractivity contribution >= 4 is 27.4 Å². The zero-order valence-corrected chi connectivity index (χ0v) is 11.3. The number of carbonyl (C=O) groups excluding carboxylic acids is 1. The summed E-state index contributed by atoms with van der Waals surface area (Å²) in [5.74, 6) is 1.13. The Kier molecular flexibility index (Phi) is 3.72. The first-order valence-electron chi connectivity index (χ1n) is 5.53. The van der Waals surface area contributed by atoms with Crippen LogP contribution in [0.15, 0.2) is 18.2 Å². The van der Waals surface area contributed by atoms with E-state index in [4.69, 9.17) is 14.2 Å². The molecule has 0 atom stereocenters. The fraction of sp³-hybridized carbons (Fsp3) is 0.308. The lowest BCUT2D eigenvalue weighted by atomic mass is 10.2. The van der Waals surface area contributed by atoms with Crippen LogP contribution in [0.25, 0.3) is 10.1 Å². The van der Waals surface area contributed by atoms with E-state index >= 15 is 0 Å². The minimum Gasteiger partial charge on any atom is -0.496 e. The quantitative estimate of drug-likeness (QED) is 0.798. The fourth-order valence-electron chi connectivity index (χ4n) is 1.72. The summed E-state index contributed by atoms with van der Waals surface area (Å²) < 4.78 is 16.4. The summed E-state index contributed by atoms with van der Waals surface area (Å²) in [6.07, 6.45) is 0. The van der Waals surface area contributed by atoms with Gasteiger partial charge in [0.25, 0.3) is 0 Å². The highest BCUT2D eigenvalue weighted by Gasteiger charge is 2.16. The number of hydrogen-bond acceptors (Lipinski definition) is 5. The number of methoxy groups -OCH3 is 2. The van der Waals surface area contributed by atoms with Gasteiger partial charge in [-0.25, -0.2) is 4.79 Å². The number of rotatable bonds is 4. The van der Waals surface area contributed by atoms with Crippen molar-refractivity contribution < 1.29 is 19.0 Å². The molecular weight excluding hydrogens is 252 g/mol. The highest BCUT2D eigenvalue weighted by atomic mass is 32.1. The van der Waals surface area contributed by atoms with Crippen LogP contribution in [0.4, 0.5) is 0 Å². The van der Waals surface area contributed by atoms with Crippen LogP contribution in [0.2, 0.25) is 0 Å². The topological polar surface area (TPSA) is 44.8 Å². The molecule has 0 spiro atoms. The van der Waals surface area contributed by atoms with E-state index in [1.165, 1.54) is 11.3 Å². The Labute approximate surface area is 109 Å². The van der Waals surface area contributed by atoms with Gasteiger partial charge in [0.05, 0.1) is 25.5 Å². The van der Waals surface area contributed by atoms with Gasteiger partial charge in [-0.15, -0.1) is 11.3 Å². The summed E-state index contributed by atoms with van der Waals surface area (Å²) in [7, 11) is 3.20. The van der Waals surface area contributed by atoms with Crippen LogP contribution < -0.4 is 9.47 Å². The molecule has 0 aliphatic rings. The van der Waals surface area contributed by atoms with Gasteiger partial charge < -0.3 is 14.2 Å². The Balaban J connectivity index is 2.57. The van der Waals surface area contributed by atoms with Gasteiger partial charge in [-0.2, -0.15) is 0 Å². The summed E-state index contributed by atoms with van der Waals surface area (Å²) in [5, 5.41) is 0.866. The first-order chi connectivity index (χ1) is 8.71. The Hall–Kier alpha value is -1.75. The van der Waals surface area contributed by atoms with Crippen LogP contribution in [0.1, 0.15) is 16.6 Å². The molecule has 5 heteroatoms. The third-order valence-corrected chi connectivity index (χ3v) is 3.65. The minimum absolute atomic E-state index is 0.317. The Morgan fingerprint density at radius 3 is 2.50 bits per heavy atom. The van der Waals surface area contributed by atoms with Gasteiger partial charge in [0.1, 0.15) is 16.4 Å². The smallest absolute Gasteiger partial charge is 0.348 e. The molecule has 2 rings (SSSR count). The highest BCUT2D eigenvalue weighted by molar-refractivity contribution is 7.21. The van der Waals surface area contributed by atoms with Crippen molar-refractivity contribution in [2.75, 3.05) is 20.8 Å². The van der Waals surface area contributed by atoms with Gasteiger partial charge >= 0.3 is 5.97 Å². The monoisotopic (exact) mass is 266 g/mol. The molecule has 1 aromatic carbocycles. The molecule has 0 fully saturated rings. The Bertz CT molecular complexity index is 533. The van der Waals surface area contributed by atoms with E-state index in [0.717, 1.165) is 21.6 Å². The normalized spacial score (nSPS) is 10.4. The first kappa shape index (κ1) is 12.7. The SMILES string of the molecule is CCOC(=O)c1cc2c(OC)ccc(OC)c2s1. The van der Waals surface area contributed by atoms with E-state index in [1.807, 2.05) is 12.1 Å². The molecule has 1 heterocycles. The average molecular weight is 266 g/mol. The molecule has 0 saturated carbocycles. The van der Waals surface area contributed by atoms with E-state index < -0.39 is 0 Å². The number of esters is 1. The molecule has 0 unspecified atom stereocenters. The average Bonchev–Trinajstić information content (AvgIpc) is 2.82. The molecule has 4 nitrogen and oxygen atoms in total. The number of carbonyl (C=O) groups is 1. The molecule has 0 saturated heterocycles. The molecule has 0 aliphatic carbocycles. The maximum atomic E-state index is 11.7. The standard InChI is InChI=1S/C13H14O4S/c1-4-17-13(14)11-7-8-9(15-2)5-6-10(16-3)12(8)18-11/h5-7H,4H2,1-3H3. The van der Waals surface area contributed by atoms with Gasteiger partial charge in [-0.3, -0.25) is 0 Å². The molecule has 0 N–H and O–H groups in total. The molecule has 0 radical (unpaired) electrons. The van der Waals surface area contributed by atoms with Crippen molar-refractivity contribution in [1.82, 2.24) is 0 Å². The molecular formula is C13H14O4S. The van der Waals surface area contributed by atoms with Crippen molar-refractivity contribution in [3.8, 4) is 11.5 Å². The number of hydrogen-bond donors (Lipinski definition) is 0.